The molecule has 0 radical (unpaired) electrons. The Morgan fingerprint density at radius 3 is 2.44 bits per heavy atom. The number of oxazole rings is 1. The van der Waals surface area contributed by atoms with Crippen LogP contribution >= 0.6 is 0 Å². The first-order valence-electron chi connectivity index (χ1n) is 8.28. The van der Waals surface area contributed by atoms with Crippen molar-refractivity contribution < 1.29 is 14.4 Å². The molecule has 130 valence electrons. The molecule has 0 spiro atoms. The summed E-state index contributed by atoms with van der Waals surface area (Å²) in [5.41, 5.74) is 6.23. The van der Waals surface area contributed by atoms with E-state index in [9.17, 15) is 0 Å². The summed E-state index contributed by atoms with van der Waals surface area (Å²) in [5.74, 6) is 2.26. The van der Waals surface area contributed by atoms with E-state index in [4.69, 9.17) is 14.4 Å². The fraction of sp³-hybridized carbons (Fsp3) is 0.250. The van der Waals surface area contributed by atoms with Gasteiger partial charge in [-0.05, 0) is 43.7 Å². The van der Waals surface area contributed by atoms with Crippen LogP contribution in [0.5, 0.6) is 5.75 Å². The average molecular weight is 338 g/mol. The zero-order chi connectivity index (χ0) is 17.6. The standard InChI is InChI=1S/C20H22N2O3/c1-14-3-7-17(8-4-14)20-22-19(15(2)25-20)11-12-24-18-9-5-16(6-10-18)13-21-23/h3-10,21,23H,11-13H2,1-2H3. The summed E-state index contributed by atoms with van der Waals surface area (Å²) in [6.45, 7) is 4.93. The van der Waals surface area contributed by atoms with E-state index in [2.05, 4.69) is 17.4 Å². The molecule has 0 aliphatic carbocycles. The molecule has 5 nitrogen and oxygen atoms in total. The Hall–Kier alpha value is -2.63. The molecule has 2 aromatic carbocycles. The molecule has 0 aliphatic rings. The summed E-state index contributed by atoms with van der Waals surface area (Å²) in [4.78, 5) is 4.60. The van der Waals surface area contributed by atoms with Crippen LogP contribution in [0.4, 0.5) is 0 Å². The number of nitrogens with zero attached hydrogens (tertiary/aromatic N) is 1. The molecule has 2 N–H and O–H groups in total. The largest absolute Gasteiger partial charge is 0.493 e. The van der Waals surface area contributed by atoms with E-state index in [1.54, 1.807) is 0 Å². The van der Waals surface area contributed by atoms with E-state index in [0.29, 0.717) is 25.5 Å². The highest BCUT2D eigenvalue weighted by atomic mass is 16.5. The van der Waals surface area contributed by atoms with Crippen LogP contribution in [0.3, 0.4) is 0 Å². The summed E-state index contributed by atoms with van der Waals surface area (Å²) in [7, 11) is 0. The Labute approximate surface area is 147 Å². The van der Waals surface area contributed by atoms with Crippen LogP contribution in [0.1, 0.15) is 22.6 Å². The van der Waals surface area contributed by atoms with Crippen LogP contribution in [-0.2, 0) is 13.0 Å². The Balaban J connectivity index is 1.59. The van der Waals surface area contributed by atoms with Crippen molar-refractivity contribution in [2.45, 2.75) is 26.8 Å². The SMILES string of the molecule is Cc1ccc(-c2nc(CCOc3ccc(CNO)cc3)c(C)o2)cc1. The predicted octanol–water partition coefficient (Wildman–Crippen LogP) is 4.06. The van der Waals surface area contributed by atoms with Gasteiger partial charge in [-0.25, -0.2) is 10.5 Å². The molecule has 0 unspecified atom stereocenters. The Morgan fingerprint density at radius 2 is 1.76 bits per heavy atom. The van der Waals surface area contributed by atoms with E-state index in [-0.39, 0.29) is 0 Å². The van der Waals surface area contributed by atoms with Crippen LogP contribution in [0.15, 0.2) is 52.9 Å². The molecule has 1 aromatic heterocycles. The lowest BCUT2D eigenvalue weighted by Crippen LogP contribution is -2.06. The van der Waals surface area contributed by atoms with E-state index < -0.39 is 0 Å². The number of rotatable bonds is 7. The van der Waals surface area contributed by atoms with Gasteiger partial charge in [0.15, 0.2) is 0 Å². The minimum atomic E-state index is 0.417. The fourth-order valence-electron chi connectivity index (χ4n) is 2.54. The van der Waals surface area contributed by atoms with Gasteiger partial charge in [-0.3, -0.25) is 0 Å². The smallest absolute Gasteiger partial charge is 0.226 e. The second kappa shape index (κ2) is 7.96. The molecule has 0 atom stereocenters. The van der Waals surface area contributed by atoms with E-state index in [1.165, 1.54) is 5.56 Å². The van der Waals surface area contributed by atoms with Crippen molar-refractivity contribution in [3.63, 3.8) is 0 Å². The van der Waals surface area contributed by atoms with Crippen LogP contribution in [0.25, 0.3) is 11.5 Å². The lowest BCUT2D eigenvalue weighted by molar-refractivity contribution is 0.161. The van der Waals surface area contributed by atoms with Gasteiger partial charge in [0.2, 0.25) is 5.89 Å². The van der Waals surface area contributed by atoms with Gasteiger partial charge in [-0.15, -0.1) is 0 Å². The first-order chi connectivity index (χ1) is 12.2. The van der Waals surface area contributed by atoms with Gasteiger partial charge in [0, 0.05) is 18.5 Å². The molecule has 0 fully saturated rings. The topological polar surface area (TPSA) is 67.5 Å². The molecule has 3 aromatic rings. The summed E-state index contributed by atoms with van der Waals surface area (Å²) in [6.07, 6.45) is 0.682. The van der Waals surface area contributed by atoms with Crippen LogP contribution < -0.4 is 10.2 Å². The van der Waals surface area contributed by atoms with E-state index >= 15 is 0 Å². The van der Waals surface area contributed by atoms with E-state index in [1.807, 2.05) is 55.5 Å². The van der Waals surface area contributed by atoms with Crippen molar-refractivity contribution in [1.29, 1.82) is 0 Å². The quantitative estimate of drug-likeness (QED) is 0.636. The Kier molecular flexibility index (Phi) is 5.48. The summed E-state index contributed by atoms with van der Waals surface area (Å²) < 4.78 is 11.6. The lowest BCUT2D eigenvalue weighted by atomic mass is 10.1. The van der Waals surface area contributed by atoms with Gasteiger partial charge in [0.25, 0.3) is 0 Å². The molecule has 5 heteroatoms. The third kappa shape index (κ3) is 4.47. The van der Waals surface area contributed by atoms with Gasteiger partial charge in [0.05, 0.1) is 12.3 Å². The zero-order valence-electron chi connectivity index (χ0n) is 14.5. The molecular weight excluding hydrogens is 316 g/mol. The van der Waals surface area contributed by atoms with Gasteiger partial charge in [-0.1, -0.05) is 29.8 Å². The van der Waals surface area contributed by atoms with Crippen molar-refractivity contribution in [2.75, 3.05) is 6.61 Å². The Bertz CT molecular complexity index is 808. The molecule has 3 rings (SSSR count). The molecular formula is C20H22N2O3. The fourth-order valence-corrected chi connectivity index (χ4v) is 2.54. The maximum Gasteiger partial charge on any atom is 0.226 e. The molecule has 0 saturated heterocycles. The van der Waals surface area contributed by atoms with Crippen molar-refractivity contribution in [3.8, 4) is 17.2 Å². The van der Waals surface area contributed by atoms with E-state index in [0.717, 1.165) is 28.3 Å². The molecule has 1 heterocycles. The lowest BCUT2D eigenvalue weighted by Gasteiger charge is -2.06. The number of hydroxylamine groups is 1. The van der Waals surface area contributed by atoms with Crippen LogP contribution in [0.2, 0.25) is 0 Å². The van der Waals surface area contributed by atoms with Gasteiger partial charge in [-0.2, -0.15) is 0 Å². The van der Waals surface area contributed by atoms with Gasteiger partial charge in [0.1, 0.15) is 11.5 Å². The summed E-state index contributed by atoms with van der Waals surface area (Å²) >= 11 is 0. The van der Waals surface area contributed by atoms with Crippen molar-refractivity contribution >= 4 is 0 Å². The second-order valence-electron chi connectivity index (χ2n) is 5.97. The number of aryl methyl sites for hydroxylation is 2. The van der Waals surface area contributed by atoms with Crippen molar-refractivity contribution in [1.82, 2.24) is 10.5 Å². The number of nitrogens with one attached hydrogen (secondary N) is 1. The van der Waals surface area contributed by atoms with Crippen molar-refractivity contribution in [2.24, 2.45) is 0 Å². The predicted molar refractivity (Wildman–Crippen MR) is 95.7 cm³/mol. The molecule has 0 bridgehead atoms. The normalized spacial score (nSPS) is 10.8. The first kappa shape index (κ1) is 17.2. The van der Waals surface area contributed by atoms with Gasteiger partial charge < -0.3 is 14.4 Å². The molecule has 25 heavy (non-hydrogen) atoms. The highest BCUT2D eigenvalue weighted by molar-refractivity contribution is 5.54. The number of ether oxygens (including phenoxy) is 1. The summed E-state index contributed by atoms with van der Waals surface area (Å²) in [5, 5.41) is 8.68. The third-order valence-electron chi connectivity index (χ3n) is 4.01. The van der Waals surface area contributed by atoms with Gasteiger partial charge >= 0.3 is 0 Å². The first-order valence-corrected chi connectivity index (χ1v) is 8.28. The zero-order valence-corrected chi connectivity index (χ0v) is 14.5. The number of benzene rings is 2. The molecule has 0 aliphatic heterocycles. The van der Waals surface area contributed by atoms with Crippen LogP contribution in [0, 0.1) is 13.8 Å². The number of aromatic nitrogens is 1. The summed E-state index contributed by atoms with van der Waals surface area (Å²) in [6, 6.07) is 15.7. The maximum atomic E-state index is 8.68. The molecule has 0 amide bonds. The molecule has 0 saturated carbocycles. The third-order valence-corrected chi connectivity index (χ3v) is 4.01. The highest BCUT2D eigenvalue weighted by Crippen LogP contribution is 2.22. The minimum Gasteiger partial charge on any atom is -0.493 e. The second-order valence-corrected chi connectivity index (χ2v) is 5.97. The number of hydrogen-bond donors (Lipinski definition) is 2. The minimum absolute atomic E-state index is 0.417. The average Bonchev–Trinajstić information content (AvgIpc) is 2.98. The monoisotopic (exact) mass is 338 g/mol. The highest BCUT2D eigenvalue weighted by Gasteiger charge is 2.11. The Morgan fingerprint density at radius 1 is 1.04 bits per heavy atom. The van der Waals surface area contributed by atoms with Crippen molar-refractivity contribution in [3.05, 3.63) is 71.1 Å². The van der Waals surface area contributed by atoms with Crippen LogP contribution in [-0.4, -0.2) is 16.8 Å². The maximum absolute atomic E-state index is 8.68. The number of hydrogen-bond acceptors (Lipinski definition) is 5.